The molecule has 1 heterocycles. The van der Waals surface area contributed by atoms with Crippen LogP contribution in [0.3, 0.4) is 0 Å². The van der Waals surface area contributed by atoms with Crippen molar-refractivity contribution in [2.24, 2.45) is 0 Å². The quantitative estimate of drug-likeness (QED) is 0.652. The van der Waals surface area contributed by atoms with Gasteiger partial charge in [-0.25, -0.2) is 0 Å². The van der Waals surface area contributed by atoms with Crippen LogP contribution in [0.25, 0.3) is 11.4 Å². The minimum absolute atomic E-state index is 0.0956. The minimum atomic E-state index is -0.119. The molecule has 140 valence electrons. The molecule has 5 nitrogen and oxygen atoms in total. The van der Waals surface area contributed by atoms with Crippen LogP contribution < -0.4 is 5.32 Å². The van der Waals surface area contributed by atoms with Crippen molar-refractivity contribution < 1.29 is 9.32 Å². The number of benzene rings is 2. The summed E-state index contributed by atoms with van der Waals surface area (Å²) in [5.74, 6) is 0.853. The second kappa shape index (κ2) is 7.92. The van der Waals surface area contributed by atoms with Gasteiger partial charge in [0.25, 0.3) is 0 Å². The molecule has 0 spiro atoms. The van der Waals surface area contributed by atoms with Crippen molar-refractivity contribution in [3.8, 4) is 11.4 Å². The van der Waals surface area contributed by atoms with Crippen molar-refractivity contribution in [3.05, 3.63) is 65.0 Å². The molecule has 0 atom stereocenters. The van der Waals surface area contributed by atoms with Crippen LogP contribution in [0.4, 0.5) is 5.69 Å². The van der Waals surface area contributed by atoms with Crippen molar-refractivity contribution in [1.29, 1.82) is 0 Å². The summed E-state index contributed by atoms with van der Waals surface area (Å²) in [6.07, 6.45) is 0.639. The summed E-state index contributed by atoms with van der Waals surface area (Å²) < 4.78 is 5.27. The molecule has 3 aromatic rings. The van der Waals surface area contributed by atoms with E-state index < -0.39 is 0 Å². The van der Waals surface area contributed by atoms with E-state index >= 15 is 0 Å². The Labute approximate surface area is 163 Å². The van der Waals surface area contributed by atoms with Gasteiger partial charge in [0.2, 0.25) is 17.6 Å². The second-order valence-corrected chi connectivity index (χ2v) is 7.83. The van der Waals surface area contributed by atoms with Gasteiger partial charge in [-0.15, -0.1) is 0 Å². The molecule has 27 heavy (non-hydrogen) atoms. The standard InChI is InChI=1S/C21H22ClN3O2/c1-21(2,3)15-6-4-14(5-7-15)20-24-19(27-25-20)13-12-18(26)23-17-10-8-16(22)9-11-17/h4-11H,12-13H2,1-3H3,(H,23,26). The normalized spacial score (nSPS) is 11.4. The van der Waals surface area contributed by atoms with E-state index in [0.29, 0.717) is 28.8 Å². The maximum absolute atomic E-state index is 12.0. The molecular formula is C21H22ClN3O2. The first-order valence-electron chi connectivity index (χ1n) is 8.80. The monoisotopic (exact) mass is 383 g/mol. The van der Waals surface area contributed by atoms with Crippen LogP contribution in [0.2, 0.25) is 5.02 Å². The molecule has 0 radical (unpaired) electrons. The predicted octanol–water partition coefficient (Wildman–Crippen LogP) is 5.26. The van der Waals surface area contributed by atoms with E-state index in [1.165, 1.54) is 5.56 Å². The summed E-state index contributed by atoms with van der Waals surface area (Å²) in [6, 6.07) is 15.1. The lowest BCUT2D eigenvalue weighted by molar-refractivity contribution is -0.116. The summed E-state index contributed by atoms with van der Waals surface area (Å²) in [5, 5.41) is 7.45. The average Bonchev–Trinajstić information content (AvgIpc) is 3.10. The number of anilines is 1. The lowest BCUT2D eigenvalue weighted by Gasteiger charge is -2.18. The Morgan fingerprint density at radius 1 is 1.07 bits per heavy atom. The third-order valence-corrected chi connectivity index (χ3v) is 4.42. The first-order valence-corrected chi connectivity index (χ1v) is 9.18. The fraction of sp³-hybridized carbons (Fsp3) is 0.286. The van der Waals surface area contributed by atoms with Gasteiger partial charge < -0.3 is 9.84 Å². The van der Waals surface area contributed by atoms with E-state index in [1.54, 1.807) is 24.3 Å². The van der Waals surface area contributed by atoms with Gasteiger partial charge in [-0.3, -0.25) is 4.79 Å². The first kappa shape index (κ1) is 19.1. The number of hydrogen-bond donors (Lipinski definition) is 1. The van der Waals surface area contributed by atoms with Crippen molar-refractivity contribution in [1.82, 2.24) is 10.1 Å². The highest BCUT2D eigenvalue weighted by atomic mass is 35.5. The Balaban J connectivity index is 1.57. The van der Waals surface area contributed by atoms with Crippen LogP contribution in [0.1, 0.15) is 38.6 Å². The van der Waals surface area contributed by atoms with E-state index in [-0.39, 0.29) is 17.7 Å². The van der Waals surface area contributed by atoms with E-state index in [9.17, 15) is 4.79 Å². The molecule has 1 amide bonds. The maximum Gasteiger partial charge on any atom is 0.227 e. The molecule has 2 aromatic carbocycles. The molecule has 1 N–H and O–H groups in total. The van der Waals surface area contributed by atoms with Crippen molar-refractivity contribution in [2.45, 2.75) is 39.0 Å². The number of aryl methyl sites for hydroxylation is 1. The highest BCUT2D eigenvalue weighted by molar-refractivity contribution is 6.30. The molecule has 3 rings (SSSR count). The molecule has 0 bridgehead atoms. The van der Waals surface area contributed by atoms with E-state index in [2.05, 4.69) is 48.4 Å². The zero-order valence-corrected chi connectivity index (χ0v) is 16.4. The summed E-state index contributed by atoms with van der Waals surface area (Å²) in [4.78, 5) is 16.4. The number of rotatable bonds is 5. The highest BCUT2D eigenvalue weighted by Crippen LogP contribution is 2.25. The van der Waals surface area contributed by atoms with Crippen LogP contribution in [0.5, 0.6) is 0 Å². The van der Waals surface area contributed by atoms with Gasteiger partial charge in [0.15, 0.2) is 0 Å². The molecule has 1 aromatic heterocycles. The number of carbonyl (C=O) groups excluding carboxylic acids is 1. The molecule has 0 saturated carbocycles. The smallest absolute Gasteiger partial charge is 0.227 e. The lowest BCUT2D eigenvalue weighted by atomic mass is 9.87. The molecule has 0 aliphatic carbocycles. The zero-order valence-electron chi connectivity index (χ0n) is 15.6. The van der Waals surface area contributed by atoms with E-state index in [4.69, 9.17) is 16.1 Å². The molecule has 0 saturated heterocycles. The molecular weight excluding hydrogens is 362 g/mol. The van der Waals surface area contributed by atoms with Gasteiger partial charge in [0, 0.05) is 29.1 Å². The molecule has 0 aliphatic heterocycles. The summed E-state index contributed by atoms with van der Waals surface area (Å²) in [7, 11) is 0. The molecule has 0 aliphatic rings. The number of halogens is 1. The lowest BCUT2D eigenvalue weighted by Crippen LogP contribution is -2.12. The van der Waals surface area contributed by atoms with Gasteiger partial charge in [-0.2, -0.15) is 4.98 Å². The Bertz CT molecular complexity index is 910. The van der Waals surface area contributed by atoms with Crippen molar-refractivity contribution in [3.63, 3.8) is 0 Å². The number of hydrogen-bond acceptors (Lipinski definition) is 4. The highest BCUT2D eigenvalue weighted by Gasteiger charge is 2.15. The van der Waals surface area contributed by atoms with Crippen LogP contribution in [0, 0.1) is 0 Å². The van der Waals surface area contributed by atoms with Crippen LogP contribution in [0.15, 0.2) is 53.1 Å². The largest absolute Gasteiger partial charge is 0.339 e. The third kappa shape index (κ3) is 5.17. The summed E-state index contributed by atoms with van der Waals surface area (Å²) in [6.45, 7) is 6.51. The van der Waals surface area contributed by atoms with E-state index in [1.807, 2.05) is 12.1 Å². The first-order chi connectivity index (χ1) is 12.8. The maximum atomic E-state index is 12.0. The number of nitrogens with one attached hydrogen (secondary N) is 1. The van der Waals surface area contributed by atoms with Gasteiger partial charge in [0.05, 0.1) is 0 Å². The number of aromatic nitrogens is 2. The van der Waals surface area contributed by atoms with Gasteiger partial charge in [-0.05, 0) is 35.2 Å². The minimum Gasteiger partial charge on any atom is -0.339 e. The Hall–Kier alpha value is -2.66. The summed E-state index contributed by atoms with van der Waals surface area (Å²) >= 11 is 5.83. The van der Waals surface area contributed by atoms with E-state index in [0.717, 1.165) is 5.56 Å². The van der Waals surface area contributed by atoms with Gasteiger partial charge >= 0.3 is 0 Å². The molecule has 0 fully saturated rings. The van der Waals surface area contributed by atoms with Crippen molar-refractivity contribution in [2.75, 3.05) is 5.32 Å². The summed E-state index contributed by atoms with van der Waals surface area (Å²) in [5.41, 5.74) is 2.94. The second-order valence-electron chi connectivity index (χ2n) is 7.39. The third-order valence-electron chi connectivity index (χ3n) is 4.17. The number of nitrogens with zero attached hydrogens (tertiary/aromatic N) is 2. The predicted molar refractivity (Wildman–Crippen MR) is 107 cm³/mol. The topological polar surface area (TPSA) is 68.0 Å². The van der Waals surface area contributed by atoms with Crippen LogP contribution >= 0.6 is 11.6 Å². The fourth-order valence-corrected chi connectivity index (χ4v) is 2.70. The number of amides is 1. The zero-order chi connectivity index (χ0) is 19.4. The van der Waals surface area contributed by atoms with Gasteiger partial charge in [-0.1, -0.05) is 61.8 Å². The Morgan fingerprint density at radius 3 is 2.37 bits per heavy atom. The number of carbonyl (C=O) groups is 1. The van der Waals surface area contributed by atoms with Crippen LogP contribution in [-0.4, -0.2) is 16.0 Å². The van der Waals surface area contributed by atoms with Crippen LogP contribution in [-0.2, 0) is 16.6 Å². The average molecular weight is 384 g/mol. The molecule has 0 unspecified atom stereocenters. The Kier molecular flexibility index (Phi) is 5.61. The fourth-order valence-electron chi connectivity index (χ4n) is 2.57. The Morgan fingerprint density at radius 2 is 1.74 bits per heavy atom. The van der Waals surface area contributed by atoms with Crippen molar-refractivity contribution >= 4 is 23.2 Å². The van der Waals surface area contributed by atoms with Gasteiger partial charge in [0.1, 0.15) is 0 Å². The molecule has 6 heteroatoms. The SMILES string of the molecule is CC(C)(C)c1ccc(-c2noc(CCC(=O)Nc3ccc(Cl)cc3)n2)cc1.